The van der Waals surface area contributed by atoms with Gasteiger partial charge in [-0.25, -0.2) is 24.9 Å². The Labute approximate surface area is 223 Å². The van der Waals surface area contributed by atoms with Crippen LogP contribution in [0.4, 0.5) is 11.8 Å². The van der Waals surface area contributed by atoms with Crippen LogP contribution in [-0.4, -0.2) is 111 Å². The number of nitrogen functional groups attached to an aromatic ring is 1. The Kier molecular flexibility index (Phi) is 7.37. The van der Waals surface area contributed by atoms with Crippen LogP contribution in [0.15, 0.2) is 6.20 Å². The van der Waals surface area contributed by atoms with E-state index in [9.17, 15) is 0 Å². The summed E-state index contributed by atoms with van der Waals surface area (Å²) in [5.74, 6) is 2.74. The number of aryl methyl sites for hydroxylation is 2. The molecule has 12 heteroatoms. The monoisotopic (exact) mass is 522 g/mol. The Hall–Kier alpha value is -2.93. The fourth-order valence-corrected chi connectivity index (χ4v) is 5.89. The van der Waals surface area contributed by atoms with Crippen LogP contribution in [0.5, 0.6) is 0 Å². The second kappa shape index (κ2) is 11.0. The predicted octanol–water partition coefficient (Wildman–Crippen LogP) is 1.33. The number of aromatic nitrogens is 6. The number of hydrogen-bond acceptors (Lipinski definition) is 11. The summed E-state index contributed by atoms with van der Waals surface area (Å²) in [6, 6.07) is 0.659. The summed E-state index contributed by atoms with van der Waals surface area (Å²) in [7, 11) is 0. The van der Waals surface area contributed by atoms with Gasteiger partial charge < -0.3 is 24.7 Å². The van der Waals surface area contributed by atoms with Crippen LogP contribution in [0.25, 0.3) is 22.6 Å². The van der Waals surface area contributed by atoms with Gasteiger partial charge in [-0.05, 0) is 26.7 Å². The van der Waals surface area contributed by atoms with Crippen LogP contribution in [-0.2, 0) is 22.6 Å². The van der Waals surface area contributed by atoms with Crippen molar-refractivity contribution in [1.29, 1.82) is 0 Å². The van der Waals surface area contributed by atoms with Crippen LogP contribution in [0.2, 0.25) is 0 Å². The van der Waals surface area contributed by atoms with Crippen molar-refractivity contribution in [2.24, 2.45) is 0 Å². The van der Waals surface area contributed by atoms with Gasteiger partial charge in [-0.3, -0.25) is 9.80 Å². The normalized spacial score (nSPS) is 20.4. The zero-order valence-electron chi connectivity index (χ0n) is 22.5. The number of anilines is 2. The van der Waals surface area contributed by atoms with Crippen LogP contribution >= 0.6 is 0 Å². The van der Waals surface area contributed by atoms with Gasteiger partial charge in [0.1, 0.15) is 5.82 Å². The van der Waals surface area contributed by atoms with E-state index < -0.39 is 0 Å². The molecule has 3 aliphatic rings. The van der Waals surface area contributed by atoms with Gasteiger partial charge >= 0.3 is 0 Å². The molecule has 3 aromatic heterocycles. The number of imidazole rings is 1. The lowest BCUT2D eigenvalue weighted by atomic mass is 10.0. The van der Waals surface area contributed by atoms with Crippen molar-refractivity contribution in [3.05, 3.63) is 17.7 Å². The Morgan fingerprint density at radius 3 is 2.32 bits per heavy atom. The Balaban J connectivity index is 1.32. The average Bonchev–Trinajstić information content (AvgIpc) is 3.30. The summed E-state index contributed by atoms with van der Waals surface area (Å²) in [5.41, 5.74) is 9.07. The van der Waals surface area contributed by atoms with Gasteiger partial charge in [-0.15, -0.1) is 0 Å². The van der Waals surface area contributed by atoms with E-state index in [0.717, 1.165) is 99.6 Å². The van der Waals surface area contributed by atoms with Gasteiger partial charge in [-0.1, -0.05) is 0 Å². The van der Waals surface area contributed by atoms with Gasteiger partial charge in [0.2, 0.25) is 5.95 Å². The van der Waals surface area contributed by atoms with Crippen LogP contribution < -0.4 is 10.6 Å². The Morgan fingerprint density at radius 1 is 0.921 bits per heavy atom. The van der Waals surface area contributed by atoms with Gasteiger partial charge in [0.15, 0.2) is 22.8 Å². The third kappa shape index (κ3) is 5.05. The first kappa shape index (κ1) is 25.4. The predicted molar refractivity (Wildman–Crippen MR) is 145 cm³/mol. The van der Waals surface area contributed by atoms with E-state index in [0.29, 0.717) is 25.1 Å². The van der Waals surface area contributed by atoms with E-state index in [2.05, 4.69) is 36.2 Å². The Morgan fingerprint density at radius 2 is 1.63 bits per heavy atom. The van der Waals surface area contributed by atoms with Crippen molar-refractivity contribution in [2.75, 3.05) is 76.3 Å². The van der Waals surface area contributed by atoms with Gasteiger partial charge in [0.25, 0.3) is 0 Å². The molecule has 0 aromatic carbocycles. The first-order valence-corrected chi connectivity index (χ1v) is 13.8. The summed E-state index contributed by atoms with van der Waals surface area (Å²) in [6.45, 7) is 14.5. The summed E-state index contributed by atoms with van der Waals surface area (Å²) >= 11 is 0. The van der Waals surface area contributed by atoms with E-state index in [-0.39, 0.29) is 5.95 Å². The summed E-state index contributed by atoms with van der Waals surface area (Å²) < 4.78 is 13.4. The molecular weight excluding hydrogens is 484 g/mol. The van der Waals surface area contributed by atoms with Crippen molar-refractivity contribution in [3.8, 4) is 11.4 Å². The highest BCUT2D eigenvalue weighted by Crippen LogP contribution is 2.30. The number of piperidine rings is 1. The smallest absolute Gasteiger partial charge is 0.220 e. The van der Waals surface area contributed by atoms with Crippen molar-refractivity contribution in [3.63, 3.8) is 0 Å². The van der Waals surface area contributed by atoms with Crippen molar-refractivity contribution in [1.82, 2.24) is 39.3 Å². The molecule has 0 saturated carbocycles. The maximum Gasteiger partial charge on any atom is 0.220 e. The Bertz CT molecular complexity index is 1260. The number of fused-ring (bicyclic) bond motifs is 1. The highest BCUT2D eigenvalue weighted by atomic mass is 16.5. The first-order chi connectivity index (χ1) is 18.6. The number of morpholine rings is 2. The maximum absolute atomic E-state index is 5.82. The summed E-state index contributed by atoms with van der Waals surface area (Å²) in [4.78, 5) is 31.2. The first-order valence-electron chi connectivity index (χ1n) is 13.8. The molecular formula is C26H38N10O2. The molecule has 0 spiro atoms. The molecule has 6 rings (SSSR count). The molecule has 3 aliphatic heterocycles. The molecule has 38 heavy (non-hydrogen) atoms. The summed E-state index contributed by atoms with van der Waals surface area (Å²) in [6.07, 6.45) is 4.09. The lowest BCUT2D eigenvalue weighted by Gasteiger charge is -2.40. The largest absolute Gasteiger partial charge is 0.379 e. The molecule has 0 bridgehead atoms. The molecule has 0 atom stereocenters. The van der Waals surface area contributed by atoms with Crippen LogP contribution in [0.1, 0.15) is 31.3 Å². The molecule has 3 saturated heterocycles. The third-order valence-corrected chi connectivity index (χ3v) is 8.01. The maximum atomic E-state index is 5.82. The van der Waals surface area contributed by atoms with Gasteiger partial charge in [0, 0.05) is 58.1 Å². The number of rotatable bonds is 6. The van der Waals surface area contributed by atoms with E-state index in [1.54, 1.807) is 6.20 Å². The quantitative estimate of drug-likeness (QED) is 0.504. The lowest BCUT2D eigenvalue weighted by molar-refractivity contribution is -0.0000296. The average molecular weight is 523 g/mol. The second-order valence-electron chi connectivity index (χ2n) is 10.3. The highest BCUT2D eigenvalue weighted by molar-refractivity contribution is 5.86. The zero-order chi connectivity index (χ0) is 26.1. The molecule has 0 amide bonds. The van der Waals surface area contributed by atoms with E-state index in [1.165, 1.54) is 12.8 Å². The lowest BCUT2D eigenvalue weighted by Crippen LogP contribution is -2.48. The highest BCUT2D eigenvalue weighted by Gasteiger charge is 2.28. The minimum Gasteiger partial charge on any atom is -0.379 e. The molecule has 0 unspecified atom stereocenters. The van der Waals surface area contributed by atoms with E-state index in [1.807, 2.05) is 6.92 Å². The topological polar surface area (TPSA) is 124 Å². The van der Waals surface area contributed by atoms with Crippen molar-refractivity contribution in [2.45, 2.75) is 45.8 Å². The SMILES string of the molecule is CCn1c(CN2CCC(N3CCOCC3)CC2)nc2c(N3CCOCC3)nc(-c3cnc(N)nc3C)nc21. The molecule has 6 heterocycles. The molecule has 3 aromatic rings. The second-order valence-corrected chi connectivity index (χ2v) is 10.3. The van der Waals surface area contributed by atoms with Crippen molar-refractivity contribution >= 4 is 22.9 Å². The van der Waals surface area contributed by atoms with Gasteiger partial charge in [0.05, 0.1) is 44.2 Å². The molecule has 2 N–H and O–H groups in total. The number of hydrogen-bond donors (Lipinski definition) is 1. The molecule has 0 radical (unpaired) electrons. The van der Waals surface area contributed by atoms with Crippen LogP contribution in [0, 0.1) is 6.92 Å². The number of nitrogens with zero attached hydrogens (tertiary/aromatic N) is 9. The minimum atomic E-state index is 0.249. The minimum absolute atomic E-state index is 0.249. The fraction of sp³-hybridized carbons (Fsp3) is 0.654. The standard InChI is InChI=1S/C26H38N10O2/c1-3-36-21(17-33-6-4-19(5-7-33)34-8-12-37-13-9-34)30-22-24(35-10-14-38-15-11-35)31-23(32-25(22)36)20-16-28-26(27)29-18(20)2/h16,19H,3-15,17H2,1-2H3,(H2,27,28,29). The van der Waals surface area contributed by atoms with E-state index in [4.69, 9.17) is 30.2 Å². The molecule has 0 aliphatic carbocycles. The number of ether oxygens (including phenoxy) is 2. The molecule has 204 valence electrons. The number of nitrogens with two attached hydrogens (primary N) is 1. The van der Waals surface area contributed by atoms with E-state index >= 15 is 0 Å². The fourth-order valence-electron chi connectivity index (χ4n) is 5.89. The summed E-state index contributed by atoms with van der Waals surface area (Å²) in [5, 5.41) is 0. The third-order valence-electron chi connectivity index (χ3n) is 8.01. The molecule has 12 nitrogen and oxygen atoms in total. The van der Waals surface area contributed by atoms with Crippen LogP contribution in [0.3, 0.4) is 0 Å². The van der Waals surface area contributed by atoms with Crippen molar-refractivity contribution < 1.29 is 9.47 Å². The zero-order valence-corrected chi connectivity index (χ0v) is 22.5. The van der Waals surface area contributed by atoms with Gasteiger partial charge in [-0.2, -0.15) is 0 Å². The molecule has 3 fully saturated rings. The number of likely N-dealkylation sites (tertiary alicyclic amines) is 1.